The lowest BCUT2D eigenvalue weighted by Gasteiger charge is -2.37. The van der Waals surface area contributed by atoms with Gasteiger partial charge in [0, 0.05) is 30.0 Å². The summed E-state index contributed by atoms with van der Waals surface area (Å²) in [6, 6.07) is 1.87. The van der Waals surface area contributed by atoms with Gasteiger partial charge in [0.05, 0.1) is 23.6 Å². The van der Waals surface area contributed by atoms with Crippen LogP contribution in [-0.2, 0) is 4.74 Å². The van der Waals surface area contributed by atoms with E-state index in [9.17, 15) is 4.79 Å². The monoisotopic (exact) mass is 334 g/mol. The van der Waals surface area contributed by atoms with Crippen LogP contribution in [0.2, 0.25) is 5.02 Å². The summed E-state index contributed by atoms with van der Waals surface area (Å²) in [6.45, 7) is 5.44. The van der Waals surface area contributed by atoms with Crippen LogP contribution in [-0.4, -0.2) is 36.7 Å². The number of fused-ring (bicyclic) bond motifs is 1. The van der Waals surface area contributed by atoms with E-state index in [1.54, 1.807) is 0 Å². The van der Waals surface area contributed by atoms with Gasteiger partial charge in [-0.3, -0.25) is 4.79 Å². The number of morpholine rings is 1. The number of hydrogen-bond donors (Lipinski definition) is 0. The number of ether oxygens (including phenoxy) is 1. The van der Waals surface area contributed by atoms with Crippen molar-refractivity contribution in [3.63, 3.8) is 0 Å². The number of rotatable bonds is 3. The molecule has 0 radical (unpaired) electrons. The quantitative estimate of drug-likeness (QED) is 0.799. The maximum atomic E-state index is 11.7. The predicted octanol–water partition coefficient (Wildman–Crippen LogP) is 3.78. The number of halogens is 1. The summed E-state index contributed by atoms with van der Waals surface area (Å²) < 4.78 is 11.3. The van der Waals surface area contributed by atoms with Crippen molar-refractivity contribution in [1.82, 2.24) is 5.16 Å². The molecule has 0 N–H and O–H groups in total. The van der Waals surface area contributed by atoms with E-state index in [0.717, 1.165) is 35.9 Å². The molecular formula is C17H19ClN2O3. The van der Waals surface area contributed by atoms with E-state index in [1.807, 2.05) is 19.9 Å². The molecule has 0 spiro atoms. The van der Waals surface area contributed by atoms with Gasteiger partial charge in [0.2, 0.25) is 0 Å². The summed E-state index contributed by atoms with van der Waals surface area (Å²) in [5.41, 5.74) is 2.84. The fraction of sp³-hybridized carbons (Fsp3) is 0.529. The van der Waals surface area contributed by atoms with Gasteiger partial charge in [-0.05, 0) is 32.8 Å². The van der Waals surface area contributed by atoms with Crippen molar-refractivity contribution in [2.45, 2.75) is 44.8 Å². The molecule has 0 amide bonds. The summed E-state index contributed by atoms with van der Waals surface area (Å²) in [5, 5.41) is 5.54. The molecule has 2 fully saturated rings. The fourth-order valence-electron chi connectivity index (χ4n) is 3.49. The molecule has 2 unspecified atom stereocenters. The van der Waals surface area contributed by atoms with Gasteiger partial charge >= 0.3 is 0 Å². The zero-order valence-electron chi connectivity index (χ0n) is 13.2. The van der Waals surface area contributed by atoms with Crippen LogP contribution in [0.3, 0.4) is 0 Å². The van der Waals surface area contributed by atoms with E-state index in [2.05, 4.69) is 10.1 Å². The molecule has 1 aromatic heterocycles. The Balaban J connectivity index is 1.85. The molecule has 1 aliphatic heterocycles. The number of aldehydes is 1. The van der Waals surface area contributed by atoms with Gasteiger partial charge in [-0.25, -0.2) is 0 Å². The number of aromatic nitrogens is 1. The fourth-order valence-corrected chi connectivity index (χ4v) is 3.85. The Morgan fingerprint density at radius 1 is 1.30 bits per heavy atom. The van der Waals surface area contributed by atoms with Gasteiger partial charge in [0.1, 0.15) is 5.02 Å². The Morgan fingerprint density at radius 3 is 2.61 bits per heavy atom. The molecule has 2 aliphatic rings. The largest absolute Gasteiger partial charge is 0.372 e. The van der Waals surface area contributed by atoms with E-state index >= 15 is 0 Å². The van der Waals surface area contributed by atoms with Gasteiger partial charge < -0.3 is 14.2 Å². The number of carbonyl (C=O) groups is 1. The van der Waals surface area contributed by atoms with Crippen LogP contribution >= 0.6 is 11.6 Å². The van der Waals surface area contributed by atoms with Crippen LogP contribution in [0.4, 0.5) is 5.69 Å². The highest BCUT2D eigenvalue weighted by atomic mass is 35.5. The molecular weight excluding hydrogens is 316 g/mol. The minimum atomic E-state index is 0.0850. The molecule has 2 aromatic rings. The van der Waals surface area contributed by atoms with E-state index in [-0.39, 0.29) is 12.2 Å². The van der Waals surface area contributed by atoms with E-state index in [0.29, 0.717) is 35.2 Å². The molecule has 4 rings (SSSR count). The van der Waals surface area contributed by atoms with Crippen LogP contribution in [0.25, 0.3) is 11.0 Å². The van der Waals surface area contributed by atoms with E-state index in [4.69, 9.17) is 20.9 Å². The smallest absolute Gasteiger partial charge is 0.187 e. The second-order valence-corrected chi connectivity index (χ2v) is 7.01. The van der Waals surface area contributed by atoms with E-state index < -0.39 is 0 Å². The second-order valence-electron chi connectivity index (χ2n) is 6.63. The third kappa shape index (κ3) is 2.52. The van der Waals surface area contributed by atoms with Crippen molar-refractivity contribution in [2.24, 2.45) is 0 Å². The van der Waals surface area contributed by atoms with Crippen LogP contribution in [0.5, 0.6) is 0 Å². The molecule has 23 heavy (non-hydrogen) atoms. The third-order valence-electron chi connectivity index (χ3n) is 4.56. The highest BCUT2D eigenvalue weighted by molar-refractivity contribution is 6.38. The number of hydrogen-bond acceptors (Lipinski definition) is 5. The van der Waals surface area contributed by atoms with Crippen molar-refractivity contribution >= 4 is 34.5 Å². The summed E-state index contributed by atoms with van der Waals surface area (Å²) in [4.78, 5) is 13.8. The maximum Gasteiger partial charge on any atom is 0.187 e. The standard InChI is InChI=1S/C17H19ClN2O3/c1-9-6-20(7-10(2)22-9)16-12(8-21)5-13-15(11-3-4-11)19-23-17(13)14(16)18/h5,8-11H,3-4,6-7H2,1-2H3. The summed E-state index contributed by atoms with van der Waals surface area (Å²) in [6.07, 6.45) is 3.28. The average molecular weight is 335 g/mol. The van der Waals surface area contributed by atoms with Crippen LogP contribution < -0.4 is 4.90 Å². The molecule has 1 aliphatic carbocycles. The van der Waals surface area contributed by atoms with Crippen molar-refractivity contribution in [3.05, 3.63) is 22.3 Å². The second kappa shape index (κ2) is 5.49. The molecule has 1 saturated carbocycles. The van der Waals surface area contributed by atoms with Crippen molar-refractivity contribution < 1.29 is 14.1 Å². The normalized spacial score (nSPS) is 25.1. The molecule has 5 nitrogen and oxygen atoms in total. The first-order valence-corrected chi connectivity index (χ1v) is 8.43. The lowest BCUT2D eigenvalue weighted by atomic mass is 10.1. The molecule has 0 bridgehead atoms. The molecule has 1 saturated heterocycles. The first-order valence-electron chi connectivity index (χ1n) is 8.05. The lowest BCUT2D eigenvalue weighted by Crippen LogP contribution is -2.46. The SMILES string of the molecule is CC1CN(c2c(C=O)cc3c(C4CC4)noc3c2Cl)CC(C)O1. The summed E-state index contributed by atoms with van der Waals surface area (Å²) in [5.74, 6) is 0.445. The Labute approximate surface area is 139 Å². The molecule has 2 atom stereocenters. The first-order chi connectivity index (χ1) is 11.1. The Kier molecular flexibility index (Phi) is 3.58. The van der Waals surface area contributed by atoms with Gasteiger partial charge in [-0.1, -0.05) is 16.8 Å². The average Bonchev–Trinajstić information content (AvgIpc) is 3.25. The molecule has 1 aromatic carbocycles. The van der Waals surface area contributed by atoms with Crippen LogP contribution in [0.1, 0.15) is 48.7 Å². The van der Waals surface area contributed by atoms with Gasteiger partial charge in [-0.2, -0.15) is 0 Å². The number of carbonyl (C=O) groups excluding carboxylic acids is 1. The van der Waals surface area contributed by atoms with Crippen LogP contribution in [0, 0.1) is 0 Å². The number of anilines is 1. The first kappa shape index (κ1) is 15.0. The molecule has 6 heteroatoms. The zero-order valence-corrected chi connectivity index (χ0v) is 14.0. The zero-order chi connectivity index (χ0) is 16.1. The lowest BCUT2D eigenvalue weighted by molar-refractivity contribution is -0.00524. The third-order valence-corrected chi connectivity index (χ3v) is 4.91. The van der Waals surface area contributed by atoms with Crippen molar-refractivity contribution in [2.75, 3.05) is 18.0 Å². The highest BCUT2D eigenvalue weighted by Gasteiger charge is 2.32. The van der Waals surface area contributed by atoms with Crippen molar-refractivity contribution in [3.8, 4) is 0 Å². The van der Waals surface area contributed by atoms with Gasteiger partial charge in [0.25, 0.3) is 0 Å². The Bertz CT molecular complexity index is 759. The minimum absolute atomic E-state index is 0.0850. The topological polar surface area (TPSA) is 55.6 Å². The van der Waals surface area contributed by atoms with E-state index in [1.165, 1.54) is 0 Å². The number of nitrogens with zero attached hydrogens (tertiary/aromatic N) is 2. The minimum Gasteiger partial charge on any atom is -0.372 e. The molecule has 122 valence electrons. The Hall–Kier alpha value is -1.59. The Morgan fingerprint density at radius 2 is 2.00 bits per heavy atom. The number of benzene rings is 1. The predicted molar refractivity (Wildman–Crippen MR) is 88.6 cm³/mol. The van der Waals surface area contributed by atoms with Crippen LogP contribution in [0.15, 0.2) is 10.6 Å². The van der Waals surface area contributed by atoms with Gasteiger partial charge in [0.15, 0.2) is 11.9 Å². The van der Waals surface area contributed by atoms with Crippen molar-refractivity contribution in [1.29, 1.82) is 0 Å². The maximum absolute atomic E-state index is 11.7. The summed E-state index contributed by atoms with van der Waals surface area (Å²) in [7, 11) is 0. The van der Waals surface area contributed by atoms with Gasteiger partial charge in [-0.15, -0.1) is 0 Å². The summed E-state index contributed by atoms with van der Waals surface area (Å²) >= 11 is 6.62. The highest BCUT2D eigenvalue weighted by Crippen LogP contribution is 2.46. The molecule has 2 heterocycles.